The van der Waals surface area contributed by atoms with Gasteiger partial charge in [-0.2, -0.15) is 0 Å². The molecule has 1 atom stereocenters. The Kier molecular flexibility index (Phi) is 17.4. The Bertz CT molecular complexity index is 3600. The number of ether oxygens (including phenoxy) is 1. The Morgan fingerprint density at radius 1 is 0.513 bits per heavy atom. The second-order valence-corrected chi connectivity index (χ2v) is 21.7. The molecule has 3 fully saturated rings. The zero-order chi connectivity index (χ0) is 55.6. The number of nitrogens with zero attached hydrogens (tertiary/aromatic N) is 9. The fraction of sp³-hybridized carbons (Fsp3) is 0.355. The molecule has 1 aliphatic heterocycles. The lowest BCUT2D eigenvalue weighted by Crippen LogP contribution is -2.39. The van der Waals surface area contributed by atoms with Crippen LogP contribution in [0.2, 0.25) is 0 Å². The highest BCUT2D eigenvalue weighted by Crippen LogP contribution is 2.43. The minimum Gasteiger partial charge on any atom is -0.476 e. The first-order valence-corrected chi connectivity index (χ1v) is 26.4. The highest BCUT2D eigenvalue weighted by atomic mass is 16.5. The van der Waals surface area contributed by atoms with Gasteiger partial charge in [0.15, 0.2) is 17.2 Å². The average molecular weight is 1050 g/mol. The third-order valence-electron chi connectivity index (χ3n) is 15.0. The Hall–Kier alpha value is -8.40. The zero-order valence-corrected chi connectivity index (χ0v) is 45.3. The number of Topliss-reactive ketones (excluding diaryl/α,β-unsaturated/α-hetero) is 3. The van der Waals surface area contributed by atoms with Gasteiger partial charge >= 0.3 is 11.9 Å². The van der Waals surface area contributed by atoms with E-state index in [4.69, 9.17) is 10.1 Å². The minimum absolute atomic E-state index is 0.00174. The van der Waals surface area contributed by atoms with Crippen molar-refractivity contribution >= 4 is 84.2 Å². The van der Waals surface area contributed by atoms with Gasteiger partial charge in [0.25, 0.3) is 0 Å². The van der Waals surface area contributed by atoms with Gasteiger partial charge in [0.1, 0.15) is 42.6 Å². The SMILES string of the molecule is CC1(C)CCCC(C(=O)c2ncnc3ccccc23)C1=O.CC1(C)CCCC2=C(c3ncnc4ccccc34)CN=C21.CC1(C)CCCCC1=O.COC(=O)c1ncnc2ccccc12.O=C(O)c1ncnc2ccccc12. The summed E-state index contributed by atoms with van der Waals surface area (Å²) in [6.45, 7) is 13.3. The number of hydrogen-bond acceptors (Lipinski definition) is 15. The van der Waals surface area contributed by atoms with Crippen LogP contribution in [0.1, 0.15) is 143 Å². The molecule has 4 aliphatic rings. The molecule has 3 saturated carbocycles. The van der Waals surface area contributed by atoms with Crippen LogP contribution in [0.15, 0.2) is 133 Å². The van der Waals surface area contributed by atoms with E-state index in [9.17, 15) is 24.0 Å². The van der Waals surface area contributed by atoms with Crippen molar-refractivity contribution in [3.8, 4) is 0 Å². The van der Waals surface area contributed by atoms with E-state index in [2.05, 4.69) is 84.4 Å². The van der Waals surface area contributed by atoms with E-state index in [1.54, 1.807) is 36.7 Å². The van der Waals surface area contributed by atoms with E-state index in [1.807, 2.05) is 68.4 Å². The van der Waals surface area contributed by atoms with Gasteiger partial charge < -0.3 is 9.84 Å². The summed E-state index contributed by atoms with van der Waals surface area (Å²) in [5, 5.41) is 11.9. The number of ketones is 3. The summed E-state index contributed by atoms with van der Waals surface area (Å²) in [5.74, 6) is -1.70. The minimum atomic E-state index is -1.03. The smallest absolute Gasteiger partial charge is 0.357 e. The van der Waals surface area contributed by atoms with Gasteiger partial charge in [-0.3, -0.25) is 19.4 Å². The summed E-state index contributed by atoms with van der Waals surface area (Å²) in [7, 11) is 1.33. The molecule has 0 amide bonds. The average Bonchev–Trinajstić information content (AvgIpc) is 3.93. The van der Waals surface area contributed by atoms with Gasteiger partial charge in [-0.25, -0.2) is 49.5 Å². The summed E-state index contributed by atoms with van der Waals surface area (Å²) in [5.41, 5.74) is 8.79. The molecule has 0 bridgehead atoms. The highest BCUT2D eigenvalue weighted by Gasteiger charge is 2.42. The second-order valence-electron chi connectivity index (χ2n) is 21.7. The number of para-hydroxylation sites is 4. The number of fused-ring (bicyclic) bond motifs is 5. The fourth-order valence-corrected chi connectivity index (χ4v) is 10.5. The van der Waals surface area contributed by atoms with Crippen molar-refractivity contribution in [2.75, 3.05) is 13.7 Å². The molecule has 0 radical (unpaired) electrons. The molecule has 8 aromatic rings. The molecule has 16 nitrogen and oxygen atoms in total. The summed E-state index contributed by atoms with van der Waals surface area (Å²) >= 11 is 0. The number of carboxylic acids is 1. The Balaban J connectivity index is 0.000000133. The second kappa shape index (κ2) is 24.3. The summed E-state index contributed by atoms with van der Waals surface area (Å²) in [4.78, 5) is 96.2. The Labute approximate surface area is 453 Å². The Morgan fingerprint density at radius 3 is 1.53 bits per heavy atom. The van der Waals surface area contributed by atoms with Gasteiger partial charge in [-0.15, -0.1) is 0 Å². The van der Waals surface area contributed by atoms with Crippen molar-refractivity contribution in [3.63, 3.8) is 0 Å². The molecule has 5 heterocycles. The van der Waals surface area contributed by atoms with Crippen molar-refractivity contribution in [1.29, 1.82) is 0 Å². The van der Waals surface area contributed by atoms with Gasteiger partial charge in [-0.1, -0.05) is 127 Å². The number of aliphatic imine (C=N–C) groups is 1. The molecule has 1 N–H and O–H groups in total. The number of esters is 1. The lowest BCUT2D eigenvalue weighted by atomic mass is 9.69. The highest BCUT2D eigenvalue weighted by molar-refractivity contribution is 6.16. The van der Waals surface area contributed by atoms with Gasteiger partial charge in [0.2, 0.25) is 0 Å². The molecule has 0 saturated heterocycles. The maximum atomic E-state index is 12.8. The van der Waals surface area contributed by atoms with Crippen LogP contribution in [0.5, 0.6) is 0 Å². The monoisotopic (exact) mass is 1050 g/mol. The van der Waals surface area contributed by atoms with E-state index in [-0.39, 0.29) is 28.1 Å². The maximum absolute atomic E-state index is 12.8. The van der Waals surface area contributed by atoms with E-state index >= 15 is 0 Å². The summed E-state index contributed by atoms with van der Waals surface area (Å²) in [6.07, 6.45) is 15.9. The molecule has 12 rings (SSSR count). The quantitative estimate of drug-likeness (QED) is 0.0959. The fourth-order valence-electron chi connectivity index (χ4n) is 10.5. The van der Waals surface area contributed by atoms with Crippen molar-refractivity contribution in [2.24, 2.45) is 27.2 Å². The molecule has 16 heteroatoms. The zero-order valence-electron chi connectivity index (χ0n) is 45.3. The summed E-state index contributed by atoms with van der Waals surface area (Å²) < 4.78 is 4.62. The lowest BCUT2D eigenvalue weighted by molar-refractivity contribution is -0.132. The summed E-state index contributed by atoms with van der Waals surface area (Å²) in [6, 6.07) is 30.0. The van der Waals surface area contributed by atoms with Crippen LogP contribution < -0.4 is 0 Å². The number of rotatable bonds is 5. The number of methoxy groups -OCH3 is 1. The van der Waals surface area contributed by atoms with Crippen molar-refractivity contribution in [3.05, 3.63) is 151 Å². The Morgan fingerprint density at radius 2 is 0.987 bits per heavy atom. The first kappa shape index (κ1) is 55.8. The number of carboxylic acid groups (broad SMARTS) is 1. The predicted octanol–water partition coefficient (Wildman–Crippen LogP) is 12.2. The molecule has 400 valence electrons. The number of carbonyl (C=O) groups excluding carboxylic acids is 4. The third kappa shape index (κ3) is 12.5. The number of aromatic nitrogens is 8. The van der Waals surface area contributed by atoms with Gasteiger partial charge in [0, 0.05) is 55.5 Å². The number of hydrogen-bond donors (Lipinski definition) is 1. The number of allylic oxidation sites excluding steroid dienone is 1. The molecule has 4 aromatic carbocycles. The first-order valence-electron chi connectivity index (χ1n) is 26.4. The topological polar surface area (TPSA) is 230 Å². The first-order chi connectivity index (χ1) is 37.4. The van der Waals surface area contributed by atoms with Crippen molar-refractivity contribution < 1.29 is 33.8 Å². The molecule has 4 aromatic heterocycles. The number of benzene rings is 4. The van der Waals surface area contributed by atoms with E-state index in [0.29, 0.717) is 39.9 Å². The molecule has 3 aliphatic carbocycles. The lowest BCUT2D eigenvalue weighted by Gasteiger charge is -2.32. The molecule has 1 unspecified atom stereocenters. The van der Waals surface area contributed by atoms with Crippen LogP contribution in [-0.4, -0.2) is 93.6 Å². The van der Waals surface area contributed by atoms with Crippen LogP contribution in [0, 0.1) is 22.2 Å². The standard InChI is InChI=1S/C18H19N3.C17H18N2O2.C10H8N2O2.C9H6N2O2.C8H14O/c1-18(2)9-5-7-12-14(10-19-17(12)18)16-13-6-3-4-8-15(13)20-11-21-16;1-17(2)9-5-7-12(16(17)21)15(20)14-11-6-3-4-8-13(11)18-10-19-14;1-14-10(13)9-7-4-2-3-5-8(7)11-6-12-9;12-9(13)8-6-3-1-2-4-7(6)10-5-11-8;1-8(2)6-4-3-5-7(8)9/h3-4,6,8,11H,5,7,9-10H2,1-2H3;3-4,6,8,10,12H,5,7,9H2,1-2H3;2-6H,1H3;1-5H,(H,12,13);3-6H2,1-2H3. The third-order valence-corrected chi connectivity index (χ3v) is 15.0. The largest absolute Gasteiger partial charge is 0.476 e. The van der Waals surface area contributed by atoms with Crippen LogP contribution >= 0.6 is 0 Å². The van der Waals surface area contributed by atoms with E-state index in [0.717, 1.165) is 78.1 Å². The van der Waals surface area contributed by atoms with Crippen LogP contribution in [-0.2, 0) is 14.3 Å². The molecule has 0 spiro atoms. The van der Waals surface area contributed by atoms with Crippen LogP contribution in [0.4, 0.5) is 0 Å². The van der Waals surface area contributed by atoms with E-state index in [1.165, 1.54) is 62.2 Å². The van der Waals surface area contributed by atoms with Crippen LogP contribution in [0.25, 0.3) is 49.2 Å². The predicted molar refractivity (Wildman–Crippen MR) is 301 cm³/mol. The normalized spacial score (nSPS) is 17.8. The van der Waals surface area contributed by atoms with Gasteiger partial charge in [-0.05, 0) is 74.8 Å². The molecule has 78 heavy (non-hydrogen) atoms. The van der Waals surface area contributed by atoms with Gasteiger partial charge in [0.05, 0.1) is 47.3 Å². The maximum Gasteiger partial charge on any atom is 0.357 e. The number of aromatic carboxylic acids is 1. The molecular formula is C62H65N9O7. The molecular weight excluding hydrogens is 983 g/mol. The van der Waals surface area contributed by atoms with Crippen LogP contribution in [0.3, 0.4) is 0 Å². The van der Waals surface area contributed by atoms with Crippen molar-refractivity contribution in [1.82, 2.24) is 39.9 Å². The number of carbonyl (C=O) groups is 5. The van der Waals surface area contributed by atoms with Crippen molar-refractivity contribution in [2.45, 2.75) is 106 Å². The van der Waals surface area contributed by atoms with E-state index < -0.39 is 23.3 Å².